The Hall–Kier alpha value is -3.85. The number of carboxylic acids is 1. The van der Waals surface area contributed by atoms with Crippen LogP contribution in [0.2, 0.25) is 0 Å². The van der Waals surface area contributed by atoms with E-state index in [1.165, 1.54) is 11.0 Å². The van der Waals surface area contributed by atoms with E-state index >= 15 is 0 Å². The van der Waals surface area contributed by atoms with Gasteiger partial charge in [-0.15, -0.1) is 11.8 Å². The largest absolute Gasteiger partial charge is 0.489 e. The molecule has 3 aromatic rings. The van der Waals surface area contributed by atoms with Crippen LogP contribution in [0.3, 0.4) is 0 Å². The van der Waals surface area contributed by atoms with Gasteiger partial charge in [-0.2, -0.15) is 0 Å². The summed E-state index contributed by atoms with van der Waals surface area (Å²) in [6, 6.07) is 17.5. The first-order valence-electron chi connectivity index (χ1n) is 12.0. The van der Waals surface area contributed by atoms with Gasteiger partial charge in [0, 0.05) is 40.7 Å². The summed E-state index contributed by atoms with van der Waals surface area (Å²) in [6.07, 6.45) is 1.91. The number of rotatable bonds is 8. The molecule has 6 rings (SSSR count). The highest BCUT2D eigenvalue weighted by molar-refractivity contribution is 8.01. The normalized spacial score (nSPS) is 21.5. The van der Waals surface area contributed by atoms with Crippen LogP contribution in [-0.2, 0) is 20.8 Å². The summed E-state index contributed by atoms with van der Waals surface area (Å²) in [5.41, 5.74) is 1.33. The molecule has 1 aliphatic carbocycles. The fourth-order valence-corrected chi connectivity index (χ4v) is 6.93. The smallest absolute Gasteiger partial charge is 0.352 e. The number of ether oxygens (including phenoxy) is 1. The summed E-state index contributed by atoms with van der Waals surface area (Å²) in [5.74, 6) is -1.65. The Bertz CT molecular complexity index is 1520. The molecule has 9 heteroatoms. The highest BCUT2D eigenvalue weighted by atomic mass is 32.2. The molecule has 0 unspecified atom stereocenters. The first-order chi connectivity index (χ1) is 17.8. The molecule has 2 atom stereocenters. The molecule has 1 aromatic heterocycles. The number of Topliss-reactive ketones (excluding diaryl/α,β-unsaturated/α-hetero) is 1. The summed E-state index contributed by atoms with van der Waals surface area (Å²) in [4.78, 5) is 51.1. The molecular formula is C28H23NO7S. The van der Waals surface area contributed by atoms with Crippen LogP contribution in [0.4, 0.5) is 0 Å². The monoisotopic (exact) mass is 517 g/mol. The molecule has 3 aliphatic rings. The van der Waals surface area contributed by atoms with Crippen molar-refractivity contribution in [2.45, 2.75) is 35.8 Å². The number of carboxylic acid groups (broad SMARTS) is 1. The highest BCUT2D eigenvalue weighted by Crippen LogP contribution is 2.63. The fraction of sp³-hybridized carbons (Fsp3) is 0.286. The number of nitrogens with zero attached hydrogens (tertiary/aromatic N) is 1. The molecule has 0 radical (unpaired) electrons. The van der Waals surface area contributed by atoms with Crippen molar-refractivity contribution in [2.24, 2.45) is 5.92 Å². The highest BCUT2D eigenvalue weighted by Gasteiger charge is 2.63. The number of aliphatic carboxylic acids is 1. The van der Waals surface area contributed by atoms with Crippen molar-refractivity contribution in [1.29, 1.82) is 0 Å². The number of hydrogen-bond donors (Lipinski definition) is 1. The van der Waals surface area contributed by atoms with Crippen LogP contribution in [0.5, 0.6) is 5.75 Å². The maximum Gasteiger partial charge on any atom is 0.352 e. The average Bonchev–Trinajstić information content (AvgIpc) is 3.66. The molecule has 2 aliphatic heterocycles. The zero-order valence-electron chi connectivity index (χ0n) is 19.7. The summed E-state index contributed by atoms with van der Waals surface area (Å²) < 4.78 is 10.8. The van der Waals surface area contributed by atoms with Gasteiger partial charge in [0.25, 0.3) is 0 Å². The molecular weight excluding hydrogens is 494 g/mol. The minimum atomic E-state index is -1.18. The van der Waals surface area contributed by atoms with E-state index in [2.05, 4.69) is 0 Å². The van der Waals surface area contributed by atoms with Crippen molar-refractivity contribution in [3.8, 4) is 5.75 Å². The lowest BCUT2D eigenvalue weighted by molar-refractivity contribution is -0.154. The maximum atomic E-state index is 13.1. The topological polar surface area (TPSA) is 114 Å². The van der Waals surface area contributed by atoms with E-state index in [4.69, 9.17) is 9.15 Å². The summed E-state index contributed by atoms with van der Waals surface area (Å²) in [5, 5.41) is 10.5. The number of thioether (sulfide) groups is 1. The van der Waals surface area contributed by atoms with Crippen molar-refractivity contribution in [3.05, 3.63) is 87.9 Å². The van der Waals surface area contributed by atoms with E-state index in [9.17, 15) is 24.3 Å². The Morgan fingerprint density at radius 3 is 2.57 bits per heavy atom. The van der Waals surface area contributed by atoms with Gasteiger partial charge in [-0.3, -0.25) is 14.5 Å². The lowest BCUT2D eigenvalue weighted by Crippen LogP contribution is -2.63. The first kappa shape index (κ1) is 23.5. The van der Waals surface area contributed by atoms with Gasteiger partial charge in [-0.25, -0.2) is 9.59 Å². The van der Waals surface area contributed by atoms with Gasteiger partial charge >= 0.3 is 11.6 Å². The number of hydrogen-bond acceptors (Lipinski definition) is 7. The third kappa shape index (κ3) is 4.23. The van der Waals surface area contributed by atoms with Crippen LogP contribution in [0, 0.1) is 5.92 Å². The second kappa shape index (κ2) is 8.92. The Balaban J connectivity index is 1.22. The van der Waals surface area contributed by atoms with Crippen LogP contribution in [-0.4, -0.2) is 44.4 Å². The van der Waals surface area contributed by atoms with Crippen molar-refractivity contribution in [3.63, 3.8) is 0 Å². The zero-order chi connectivity index (χ0) is 25.7. The van der Waals surface area contributed by atoms with E-state index in [1.54, 1.807) is 36.0 Å². The van der Waals surface area contributed by atoms with E-state index in [1.807, 2.05) is 30.3 Å². The number of benzene rings is 2. The number of ketones is 1. The summed E-state index contributed by atoms with van der Waals surface area (Å²) in [7, 11) is 0. The SMILES string of the molecule is O=C(Cc1ccccc1)C[C@@H]1C(=O)N2C(C(=O)O)=C(COc3ccc4ccc(=O)oc4c3)C3(CC3)S[C@H]12. The van der Waals surface area contributed by atoms with Crippen molar-refractivity contribution >= 4 is 40.4 Å². The predicted molar refractivity (Wildman–Crippen MR) is 136 cm³/mol. The predicted octanol–water partition coefficient (Wildman–Crippen LogP) is 3.78. The second-order valence-corrected chi connectivity index (χ2v) is 11.1. The van der Waals surface area contributed by atoms with Gasteiger partial charge in [-0.05, 0) is 36.6 Å². The lowest BCUT2D eigenvalue weighted by atomic mass is 9.88. The third-order valence-electron chi connectivity index (χ3n) is 7.15. The standard InChI is InChI=1S/C28H23NO7S/c30-18(12-16-4-2-1-3-5-16)13-20-25(32)29-24(27(33)34)21(28(10-11-28)37-26(20)29)15-35-19-8-6-17-7-9-23(31)36-22(17)14-19/h1-9,14,20,26H,10-13,15H2,(H,33,34)/t20-,26-/m1/s1. The number of carbonyl (C=O) groups is 3. The summed E-state index contributed by atoms with van der Waals surface area (Å²) in [6.45, 7) is -0.00862. The molecule has 188 valence electrons. The molecule has 2 fully saturated rings. The van der Waals surface area contributed by atoms with E-state index in [0.29, 0.717) is 16.9 Å². The van der Waals surface area contributed by atoms with Crippen LogP contribution < -0.4 is 10.4 Å². The van der Waals surface area contributed by atoms with E-state index in [-0.39, 0.29) is 42.2 Å². The Morgan fingerprint density at radius 2 is 1.84 bits per heavy atom. The maximum absolute atomic E-state index is 13.1. The molecule has 0 bridgehead atoms. The van der Waals surface area contributed by atoms with Crippen LogP contribution in [0.15, 0.2) is 81.1 Å². The Labute approximate surface area is 215 Å². The number of carbonyl (C=O) groups excluding carboxylic acids is 2. The second-order valence-electron chi connectivity index (χ2n) is 9.60. The van der Waals surface area contributed by atoms with Gasteiger partial charge in [0.15, 0.2) is 0 Å². The number of amides is 1. The average molecular weight is 518 g/mol. The van der Waals surface area contributed by atoms with E-state index in [0.717, 1.165) is 23.8 Å². The molecule has 1 amide bonds. The number of fused-ring (bicyclic) bond motifs is 2. The first-order valence-corrected chi connectivity index (χ1v) is 12.9. The number of β-lactam (4-membered cyclic amide) rings is 1. The summed E-state index contributed by atoms with van der Waals surface area (Å²) >= 11 is 1.57. The third-order valence-corrected chi connectivity index (χ3v) is 9.04. The molecule has 1 spiro atoms. The van der Waals surface area contributed by atoms with E-state index < -0.39 is 22.3 Å². The molecule has 1 N–H and O–H groups in total. The molecule has 1 saturated carbocycles. The Kier molecular flexibility index (Phi) is 5.67. The fourth-order valence-electron chi connectivity index (χ4n) is 5.14. The van der Waals surface area contributed by atoms with Crippen LogP contribution >= 0.6 is 11.8 Å². The minimum Gasteiger partial charge on any atom is -0.489 e. The van der Waals surface area contributed by atoms with Gasteiger partial charge in [0.1, 0.15) is 29.4 Å². The molecule has 2 aromatic carbocycles. The van der Waals surface area contributed by atoms with Gasteiger partial charge in [0.2, 0.25) is 5.91 Å². The molecule has 1 saturated heterocycles. The van der Waals surface area contributed by atoms with Crippen molar-refractivity contribution in [2.75, 3.05) is 6.61 Å². The van der Waals surface area contributed by atoms with Crippen molar-refractivity contribution in [1.82, 2.24) is 4.90 Å². The molecule has 8 nitrogen and oxygen atoms in total. The van der Waals surface area contributed by atoms with Gasteiger partial charge < -0.3 is 14.3 Å². The van der Waals surface area contributed by atoms with Gasteiger partial charge in [-0.1, -0.05) is 30.3 Å². The zero-order valence-corrected chi connectivity index (χ0v) is 20.5. The van der Waals surface area contributed by atoms with Crippen LogP contribution in [0.25, 0.3) is 11.0 Å². The van der Waals surface area contributed by atoms with Gasteiger partial charge in [0.05, 0.1) is 11.3 Å². The van der Waals surface area contributed by atoms with Crippen LogP contribution in [0.1, 0.15) is 24.8 Å². The Morgan fingerprint density at radius 1 is 1.08 bits per heavy atom. The molecule has 37 heavy (non-hydrogen) atoms. The quantitative estimate of drug-likeness (QED) is 0.355. The molecule has 3 heterocycles. The van der Waals surface area contributed by atoms with Crippen molar-refractivity contribution < 1.29 is 28.6 Å². The minimum absolute atomic E-state index is 0.00862. The lowest BCUT2D eigenvalue weighted by Gasteiger charge is -2.52.